The van der Waals surface area contributed by atoms with Crippen LogP contribution in [0.2, 0.25) is 0 Å². The van der Waals surface area contributed by atoms with Crippen LogP contribution in [0.15, 0.2) is 62.6 Å². The minimum atomic E-state index is 1.39. The highest BCUT2D eigenvalue weighted by Crippen LogP contribution is 2.53. The molecule has 108 valence electrons. The lowest BCUT2D eigenvalue weighted by molar-refractivity contribution is 1.53. The van der Waals surface area contributed by atoms with Crippen molar-refractivity contribution in [2.45, 2.75) is 16.8 Å². The Hall–Kier alpha value is -0.500. The van der Waals surface area contributed by atoms with Gasteiger partial charge in [-0.25, -0.2) is 0 Å². The molecule has 5 heterocycles. The van der Waals surface area contributed by atoms with Crippen LogP contribution in [0.1, 0.15) is 0 Å². The molecule has 0 atom stereocenters. The van der Waals surface area contributed by atoms with Crippen molar-refractivity contribution in [1.29, 1.82) is 0 Å². The third kappa shape index (κ3) is 2.17. The smallest absolute Gasteiger partial charge is 0.0733 e. The second kappa shape index (κ2) is 5.54. The molecule has 0 saturated heterocycles. The Morgan fingerprint density at radius 2 is 0.682 bits per heavy atom. The molecule has 0 bridgehead atoms. The molecule has 0 aliphatic carbocycles. The Balaban J connectivity index is 1.80. The number of hydrogen-bond acceptors (Lipinski definition) is 6. The first-order chi connectivity index (χ1) is 10.9. The molecule has 0 saturated carbocycles. The highest BCUT2D eigenvalue weighted by molar-refractivity contribution is 8.03. The number of fused-ring (bicyclic) bond motifs is 6. The van der Waals surface area contributed by atoms with Gasteiger partial charge in [0, 0.05) is 22.3 Å². The van der Waals surface area contributed by atoms with Gasteiger partial charge in [0.15, 0.2) is 0 Å². The van der Waals surface area contributed by atoms with Gasteiger partial charge in [-0.2, -0.15) is 0 Å². The monoisotopic (exact) mass is 392 g/mol. The lowest BCUT2D eigenvalue weighted by Crippen LogP contribution is -1.81. The van der Waals surface area contributed by atoms with Gasteiger partial charge in [0.25, 0.3) is 0 Å². The third-order valence-electron chi connectivity index (χ3n) is 3.47. The molecule has 0 N–H and O–H groups in total. The average Bonchev–Trinajstić information content (AvgIpc) is 3.26. The molecule has 4 aromatic rings. The molecule has 6 heteroatoms. The maximum absolute atomic E-state index is 2.27. The predicted octanol–water partition coefficient (Wildman–Crippen LogP) is 7.88. The average molecular weight is 393 g/mol. The van der Waals surface area contributed by atoms with Gasteiger partial charge in [-0.15, -0.1) is 45.3 Å². The SMILES string of the molecule is c1cc2c(s1)Sc1sccc1-c1ccsc1Sc1sccc1-2. The first-order valence-electron chi connectivity index (χ1n) is 6.56. The van der Waals surface area contributed by atoms with Gasteiger partial charge in [-0.3, -0.25) is 0 Å². The second-order valence-electron chi connectivity index (χ2n) is 4.69. The number of thiophene rings is 4. The molecule has 0 radical (unpaired) electrons. The fourth-order valence-electron chi connectivity index (χ4n) is 2.47. The van der Waals surface area contributed by atoms with E-state index < -0.39 is 0 Å². The topological polar surface area (TPSA) is 0 Å². The molecule has 1 aliphatic rings. The van der Waals surface area contributed by atoms with E-state index in [0.29, 0.717) is 0 Å². The van der Waals surface area contributed by atoms with E-state index in [1.807, 2.05) is 68.9 Å². The molecule has 0 unspecified atom stereocenters. The molecule has 0 spiro atoms. The quantitative estimate of drug-likeness (QED) is 0.263. The van der Waals surface area contributed by atoms with E-state index in [0.717, 1.165) is 0 Å². The Morgan fingerprint density at radius 1 is 0.409 bits per heavy atom. The van der Waals surface area contributed by atoms with E-state index >= 15 is 0 Å². The van der Waals surface area contributed by atoms with E-state index in [2.05, 4.69) is 45.8 Å². The van der Waals surface area contributed by atoms with Crippen molar-refractivity contribution in [2.24, 2.45) is 0 Å². The predicted molar refractivity (Wildman–Crippen MR) is 104 cm³/mol. The molecule has 0 fully saturated rings. The zero-order valence-corrected chi connectivity index (χ0v) is 16.0. The summed E-state index contributed by atoms with van der Waals surface area (Å²) in [7, 11) is 0. The molecule has 5 rings (SSSR count). The van der Waals surface area contributed by atoms with Crippen LogP contribution < -0.4 is 0 Å². The zero-order valence-electron chi connectivity index (χ0n) is 11.1. The first-order valence-corrected chi connectivity index (χ1v) is 11.7. The van der Waals surface area contributed by atoms with Gasteiger partial charge in [-0.1, -0.05) is 23.5 Å². The van der Waals surface area contributed by atoms with E-state index in [4.69, 9.17) is 0 Å². The van der Waals surface area contributed by atoms with Crippen molar-refractivity contribution in [1.82, 2.24) is 0 Å². The van der Waals surface area contributed by atoms with Crippen LogP contribution in [0.4, 0.5) is 0 Å². The van der Waals surface area contributed by atoms with Gasteiger partial charge in [0.05, 0.1) is 16.8 Å². The van der Waals surface area contributed by atoms with Crippen molar-refractivity contribution in [3.05, 3.63) is 45.8 Å². The summed E-state index contributed by atoms with van der Waals surface area (Å²) in [6.07, 6.45) is 0. The summed E-state index contributed by atoms with van der Waals surface area (Å²) in [5.74, 6) is 0. The van der Waals surface area contributed by atoms with E-state index in [1.54, 1.807) is 0 Å². The van der Waals surface area contributed by atoms with Gasteiger partial charge in [-0.05, 0) is 45.8 Å². The van der Waals surface area contributed by atoms with Gasteiger partial charge >= 0.3 is 0 Å². The van der Waals surface area contributed by atoms with Crippen molar-refractivity contribution < 1.29 is 0 Å². The summed E-state index contributed by atoms with van der Waals surface area (Å²) in [4.78, 5) is 0. The van der Waals surface area contributed by atoms with E-state index in [-0.39, 0.29) is 0 Å². The van der Waals surface area contributed by atoms with Crippen molar-refractivity contribution >= 4 is 68.9 Å². The number of rotatable bonds is 0. The Morgan fingerprint density at radius 3 is 0.955 bits per heavy atom. The fourth-order valence-corrected chi connectivity index (χ4v) is 9.24. The molecule has 0 nitrogen and oxygen atoms in total. The van der Waals surface area contributed by atoms with Gasteiger partial charge in [0.1, 0.15) is 0 Å². The largest absolute Gasteiger partial charge is 0.136 e. The Labute approximate surface area is 152 Å². The summed E-state index contributed by atoms with van der Waals surface area (Å²) in [6, 6.07) is 9.07. The van der Waals surface area contributed by atoms with Crippen LogP contribution in [0.5, 0.6) is 0 Å². The third-order valence-corrected chi connectivity index (χ3v) is 10.1. The Kier molecular flexibility index (Phi) is 3.50. The molecular weight excluding hydrogens is 385 g/mol. The zero-order chi connectivity index (χ0) is 14.5. The minimum Gasteiger partial charge on any atom is -0.136 e. The molecule has 22 heavy (non-hydrogen) atoms. The second-order valence-corrected chi connectivity index (χ2v) is 11.4. The van der Waals surface area contributed by atoms with E-state index in [9.17, 15) is 0 Å². The van der Waals surface area contributed by atoms with Crippen LogP contribution in [0, 0.1) is 0 Å². The lowest BCUT2D eigenvalue weighted by atomic mass is 10.2. The van der Waals surface area contributed by atoms with Gasteiger partial charge < -0.3 is 0 Å². The van der Waals surface area contributed by atoms with E-state index in [1.165, 1.54) is 39.1 Å². The standard InChI is InChI=1S/C16H8S6/c1-5-17-13-9(1)10-2-6-18-14(10)22-16-12(4-8-20-16)11-3-7-19-15(11)21-13/h1-8H. The molecule has 0 aromatic carbocycles. The van der Waals surface area contributed by atoms with Crippen LogP contribution in [-0.2, 0) is 0 Å². The highest BCUT2D eigenvalue weighted by Gasteiger charge is 2.21. The van der Waals surface area contributed by atoms with Crippen molar-refractivity contribution in [2.75, 3.05) is 0 Å². The normalized spacial score (nSPS) is 13.1. The summed E-state index contributed by atoms with van der Waals surface area (Å²) in [6.45, 7) is 0. The summed E-state index contributed by atoms with van der Waals surface area (Å²) in [5.41, 5.74) is 5.55. The summed E-state index contributed by atoms with van der Waals surface area (Å²) >= 11 is 11.2. The van der Waals surface area contributed by atoms with Crippen molar-refractivity contribution in [3.63, 3.8) is 0 Å². The maximum Gasteiger partial charge on any atom is 0.0733 e. The van der Waals surface area contributed by atoms with Crippen LogP contribution in [0.25, 0.3) is 22.3 Å². The Bertz CT molecular complexity index is 796. The molecule has 4 aromatic heterocycles. The molecule has 1 aliphatic heterocycles. The fraction of sp³-hybridized carbons (Fsp3) is 0. The van der Waals surface area contributed by atoms with Crippen molar-refractivity contribution in [3.8, 4) is 22.3 Å². The van der Waals surface area contributed by atoms with Gasteiger partial charge in [0.2, 0.25) is 0 Å². The maximum atomic E-state index is 2.27. The summed E-state index contributed by atoms with van der Waals surface area (Å²) in [5, 5.41) is 8.85. The lowest BCUT2D eigenvalue weighted by Gasteiger charge is -2.10. The number of hydrogen-bond donors (Lipinski definition) is 0. The van der Waals surface area contributed by atoms with Crippen LogP contribution in [-0.4, -0.2) is 0 Å². The molecule has 0 amide bonds. The minimum absolute atomic E-state index is 1.39. The summed E-state index contributed by atoms with van der Waals surface area (Å²) < 4.78 is 5.62. The van der Waals surface area contributed by atoms with Crippen LogP contribution >= 0.6 is 68.9 Å². The highest BCUT2D eigenvalue weighted by atomic mass is 32.2. The van der Waals surface area contributed by atoms with Crippen LogP contribution in [0.3, 0.4) is 0 Å². The molecular formula is C16H8S6. The first kappa shape index (κ1) is 13.9.